The van der Waals surface area contributed by atoms with Crippen molar-refractivity contribution in [1.29, 1.82) is 0 Å². The van der Waals surface area contributed by atoms with Crippen molar-refractivity contribution in [3.8, 4) is 16.9 Å². The quantitative estimate of drug-likeness (QED) is 0.633. The van der Waals surface area contributed by atoms with E-state index in [9.17, 15) is 4.79 Å². The second-order valence-electron chi connectivity index (χ2n) is 6.08. The smallest absolute Gasteiger partial charge is 0.211 e. The topological polar surface area (TPSA) is 26.3 Å². The van der Waals surface area contributed by atoms with Gasteiger partial charge in [-0.1, -0.05) is 56.6 Å². The van der Waals surface area contributed by atoms with Gasteiger partial charge in [0.15, 0.2) is 5.78 Å². The maximum atomic E-state index is 12.1. The first kappa shape index (κ1) is 17.0. The molecule has 2 rings (SSSR count). The Morgan fingerprint density at radius 2 is 1.45 bits per heavy atom. The van der Waals surface area contributed by atoms with Gasteiger partial charge in [0.05, 0.1) is 0 Å². The molecule has 0 spiro atoms. The molecule has 0 radical (unpaired) electrons. The van der Waals surface area contributed by atoms with Gasteiger partial charge in [0.25, 0.3) is 0 Å². The normalized spacial score (nSPS) is 12.8. The highest BCUT2D eigenvalue weighted by Crippen LogP contribution is 2.27. The molecule has 22 heavy (non-hydrogen) atoms. The average Bonchev–Trinajstić information content (AvgIpc) is 2.47. The summed E-state index contributed by atoms with van der Waals surface area (Å²) in [7, 11) is 0. The second kappa shape index (κ2) is 6.84. The molecule has 4 heteroatoms. The van der Waals surface area contributed by atoms with Crippen molar-refractivity contribution in [2.45, 2.75) is 25.8 Å². The molecule has 0 saturated heterocycles. The Labute approximate surface area is 144 Å². The third kappa shape index (κ3) is 4.34. The SMILES string of the molecule is CC(C)(C)C(=O)C(Br)Oc1ccc(-c2ccc(Cl)cc2)cc1. The zero-order chi connectivity index (χ0) is 16.3. The van der Waals surface area contributed by atoms with E-state index in [1.807, 2.05) is 69.3 Å². The standard InChI is InChI=1S/C18H18BrClO2/c1-18(2,3)16(21)17(19)22-15-10-6-13(7-11-15)12-4-8-14(20)9-5-12/h4-11,17H,1-3H3. The van der Waals surface area contributed by atoms with E-state index < -0.39 is 10.4 Å². The largest absolute Gasteiger partial charge is 0.471 e. The zero-order valence-corrected chi connectivity index (χ0v) is 15.1. The molecule has 0 aliphatic rings. The number of Topliss-reactive ketones (excluding diaryl/α,β-unsaturated/α-hetero) is 1. The summed E-state index contributed by atoms with van der Waals surface area (Å²) >= 11 is 9.19. The summed E-state index contributed by atoms with van der Waals surface area (Å²) in [4.78, 5) is 12.1. The van der Waals surface area contributed by atoms with Crippen LogP contribution in [0.5, 0.6) is 5.75 Å². The van der Waals surface area contributed by atoms with E-state index in [1.165, 1.54) is 0 Å². The molecular formula is C18H18BrClO2. The molecule has 0 saturated carbocycles. The first-order chi connectivity index (χ1) is 10.3. The first-order valence-corrected chi connectivity index (χ1v) is 8.28. The summed E-state index contributed by atoms with van der Waals surface area (Å²) in [5.41, 5.74) is 1.70. The van der Waals surface area contributed by atoms with Crippen LogP contribution in [0.4, 0.5) is 0 Å². The number of halogens is 2. The maximum absolute atomic E-state index is 12.1. The Morgan fingerprint density at radius 3 is 1.91 bits per heavy atom. The first-order valence-electron chi connectivity index (χ1n) is 6.98. The molecule has 2 aromatic carbocycles. The van der Waals surface area contributed by atoms with E-state index in [0.29, 0.717) is 10.8 Å². The van der Waals surface area contributed by atoms with Crippen LogP contribution in [0, 0.1) is 5.41 Å². The third-order valence-electron chi connectivity index (χ3n) is 3.22. The molecule has 1 atom stereocenters. The van der Waals surface area contributed by atoms with Gasteiger partial charge in [0, 0.05) is 10.4 Å². The highest BCUT2D eigenvalue weighted by molar-refractivity contribution is 9.09. The van der Waals surface area contributed by atoms with Crippen molar-refractivity contribution in [1.82, 2.24) is 0 Å². The van der Waals surface area contributed by atoms with Crippen LogP contribution in [0.2, 0.25) is 5.02 Å². The number of hydrogen-bond acceptors (Lipinski definition) is 2. The minimum Gasteiger partial charge on any atom is -0.471 e. The van der Waals surface area contributed by atoms with E-state index in [0.717, 1.165) is 11.1 Å². The van der Waals surface area contributed by atoms with Crippen LogP contribution in [-0.2, 0) is 4.79 Å². The fourth-order valence-corrected chi connectivity index (χ4v) is 2.91. The van der Waals surface area contributed by atoms with Crippen molar-refractivity contribution in [3.05, 3.63) is 53.6 Å². The highest BCUT2D eigenvalue weighted by atomic mass is 79.9. The minimum atomic E-state index is -0.645. The lowest BCUT2D eigenvalue weighted by molar-refractivity contribution is -0.129. The Morgan fingerprint density at radius 1 is 1.00 bits per heavy atom. The second-order valence-corrected chi connectivity index (χ2v) is 7.35. The fourth-order valence-electron chi connectivity index (χ4n) is 1.88. The Hall–Kier alpha value is -1.32. The van der Waals surface area contributed by atoms with E-state index in [4.69, 9.17) is 16.3 Å². The summed E-state index contributed by atoms with van der Waals surface area (Å²) in [6.07, 6.45) is 0. The Balaban J connectivity index is 2.09. The molecule has 0 aliphatic carbocycles. The molecule has 0 bridgehead atoms. The molecule has 2 nitrogen and oxygen atoms in total. The fraction of sp³-hybridized carbons (Fsp3) is 0.278. The van der Waals surface area contributed by atoms with Gasteiger partial charge in [-0.3, -0.25) is 4.79 Å². The van der Waals surface area contributed by atoms with Crippen LogP contribution in [-0.4, -0.2) is 10.8 Å². The van der Waals surface area contributed by atoms with E-state index in [1.54, 1.807) is 0 Å². The van der Waals surface area contributed by atoms with Gasteiger partial charge in [-0.25, -0.2) is 0 Å². The van der Waals surface area contributed by atoms with Gasteiger partial charge < -0.3 is 4.74 Å². The van der Waals surface area contributed by atoms with Crippen molar-refractivity contribution in [2.24, 2.45) is 5.41 Å². The lowest BCUT2D eigenvalue weighted by Crippen LogP contribution is -2.32. The summed E-state index contributed by atoms with van der Waals surface area (Å²) in [5.74, 6) is 0.659. The van der Waals surface area contributed by atoms with Gasteiger partial charge in [-0.05, 0) is 51.3 Å². The lowest BCUT2D eigenvalue weighted by Gasteiger charge is -2.21. The molecule has 1 unspecified atom stereocenters. The molecule has 0 aromatic heterocycles. The molecule has 0 amide bonds. The maximum Gasteiger partial charge on any atom is 0.211 e. The number of rotatable bonds is 4. The van der Waals surface area contributed by atoms with Crippen molar-refractivity contribution < 1.29 is 9.53 Å². The van der Waals surface area contributed by atoms with Gasteiger partial charge in [-0.2, -0.15) is 0 Å². The molecule has 0 N–H and O–H groups in total. The number of carbonyl (C=O) groups is 1. The predicted octanol–water partition coefficient (Wildman–Crippen LogP) is 5.72. The molecule has 0 aliphatic heterocycles. The van der Waals surface area contributed by atoms with Gasteiger partial charge in [0.2, 0.25) is 5.01 Å². The average molecular weight is 382 g/mol. The number of ketones is 1. The molecule has 116 valence electrons. The summed E-state index contributed by atoms with van der Waals surface area (Å²) < 4.78 is 5.66. The number of alkyl halides is 1. The molecule has 2 aromatic rings. The Kier molecular flexibility index (Phi) is 5.30. The minimum absolute atomic E-state index is 0.00859. The molecular weight excluding hydrogens is 364 g/mol. The number of ether oxygens (including phenoxy) is 1. The van der Waals surface area contributed by atoms with Crippen LogP contribution in [0.25, 0.3) is 11.1 Å². The van der Waals surface area contributed by atoms with Crippen LogP contribution in [0.3, 0.4) is 0 Å². The van der Waals surface area contributed by atoms with Crippen LogP contribution in [0.15, 0.2) is 48.5 Å². The van der Waals surface area contributed by atoms with E-state index in [2.05, 4.69) is 15.9 Å². The monoisotopic (exact) mass is 380 g/mol. The molecule has 0 heterocycles. The predicted molar refractivity (Wildman–Crippen MR) is 94.7 cm³/mol. The zero-order valence-electron chi connectivity index (χ0n) is 12.8. The van der Waals surface area contributed by atoms with Crippen molar-refractivity contribution in [3.63, 3.8) is 0 Å². The summed E-state index contributed by atoms with van der Waals surface area (Å²) in [6.45, 7) is 5.61. The van der Waals surface area contributed by atoms with Crippen LogP contribution < -0.4 is 4.74 Å². The summed E-state index contributed by atoms with van der Waals surface area (Å²) in [5, 5.41) is 0.0698. The van der Waals surface area contributed by atoms with Crippen molar-refractivity contribution >= 4 is 33.3 Å². The number of benzene rings is 2. The number of hydrogen-bond donors (Lipinski definition) is 0. The van der Waals surface area contributed by atoms with E-state index >= 15 is 0 Å². The Bertz CT molecular complexity index is 642. The van der Waals surface area contributed by atoms with E-state index in [-0.39, 0.29) is 5.78 Å². The lowest BCUT2D eigenvalue weighted by atomic mass is 9.91. The van der Waals surface area contributed by atoms with Gasteiger partial charge in [-0.15, -0.1) is 0 Å². The van der Waals surface area contributed by atoms with Gasteiger partial charge in [0.1, 0.15) is 5.75 Å². The third-order valence-corrected chi connectivity index (χ3v) is 4.07. The van der Waals surface area contributed by atoms with Crippen LogP contribution >= 0.6 is 27.5 Å². The summed E-state index contributed by atoms with van der Waals surface area (Å²) in [6, 6.07) is 15.3. The highest BCUT2D eigenvalue weighted by Gasteiger charge is 2.29. The van der Waals surface area contributed by atoms with Crippen molar-refractivity contribution in [2.75, 3.05) is 0 Å². The number of carbonyl (C=O) groups excluding carboxylic acids is 1. The molecule has 0 fully saturated rings. The van der Waals surface area contributed by atoms with Crippen LogP contribution in [0.1, 0.15) is 20.8 Å². The van der Waals surface area contributed by atoms with Gasteiger partial charge >= 0.3 is 0 Å².